The van der Waals surface area contributed by atoms with E-state index in [9.17, 15) is 9.59 Å². The largest absolute Gasteiger partial charge is 0.272 e. The molecule has 1 heterocycles. The van der Waals surface area contributed by atoms with Crippen LogP contribution in [0, 0.1) is 0 Å². The molecule has 0 radical (unpaired) electrons. The quantitative estimate of drug-likeness (QED) is 0.409. The van der Waals surface area contributed by atoms with E-state index in [0.29, 0.717) is 5.57 Å². The maximum atomic E-state index is 11.8. The zero-order valence-corrected chi connectivity index (χ0v) is 13.3. The van der Waals surface area contributed by atoms with Crippen LogP contribution in [0.2, 0.25) is 0 Å². The summed E-state index contributed by atoms with van der Waals surface area (Å²) < 4.78 is 0. The Bertz CT molecular complexity index is 424. The molecule has 1 rings (SSSR count). The molecule has 0 fully saturated rings. The number of imide groups is 1. The van der Waals surface area contributed by atoms with Gasteiger partial charge < -0.3 is 0 Å². The molecule has 1 aliphatic rings. The third kappa shape index (κ3) is 4.42. The normalized spacial score (nSPS) is 16.9. The second-order valence-corrected chi connectivity index (χ2v) is 6.49. The zero-order chi connectivity index (χ0) is 15.6. The summed E-state index contributed by atoms with van der Waals surface area (Å²) in [6, 6.07) is 0. The van der Waals surface area contributed by atoms with E-state index in [1.165, 1.54) is 11.0 Å². The van der Waals surface area contributed by atoms with Crippen LogP contribution in [0.1, 0.15) is 54.4 Å². The van der Waals surface area contributed by atoms with Crippen LogP contribution < -0.4 is 0 Å². The van der Waals surface area contributed by atoms with Gasteiger partial charge in [0.25, 0.3) is 11.8 Å². The molecule has 0 bridgehead atoms. The molecule has 0 aromatic heterocycles. The molecular formula is C15H25NO4. The molecule has 0 N–H and O–H groups in total. The summed E-state index contributed by atoms with van der Waals surface area (Å²) in [7, 11) is 0. The molecular weight excluding hydrogens is 258 g/mol. The number of carbonyl (C=O) groups excluding carboxylic acids is 2. The van der Waals surface area contributed by atoms with E-state index >= 15 is 0 Å². The third-order valence-electron chi connectivity index (χ3n) is 3.07. The van der Waals surface area contributed by atoms with Gasteiger partial charge >= 0.3 is 0 Å². The lowest BCUT2D eigenvalue weighted by Gasteiger charge is -2.32. The van der Waals surface area contributed by atoms with Gasteiger partial charge in [0.1, 0.15) is 5.60 Å². The van der Waals surface area contributed by atoms with E-state index in [2.05, 4.69) is 6.92 Å². The molecule has 114 valence electrons. The Labute approximate surface area is 120 Å². The molecule has 20 heavy (non-hydrogen) atoms. The van der Waals surface area contributed by atoms with Crippen molar-refractivity contribution in [2.45, 2.75) is 65.6 Å². The van der Waals surface area contributed by atoms with Crippen molar-refractivity contribution in [2.24, 2.45) is 0 Å². The molecule has 2 amide bonds. The van der Waals surface area contributed by atoms with E-state index < -0.39 is 5.60 Å². The first-order chi connectivity index (χ1) is 9.08. The summed E-state index contributed by atoms with van der Waals surface area (Å²) in [5.74, 6) is -0.559. The molecule has 0 atom stereocenters. The lowest BCUT2D eigenvalue weighted by Crippen LogP contribution is -2.45. The Morgan fingerprint density at radius 3 is 2.10 bits per heavy atom. The molecule has 1 aliphatic heterocycles. The van der Waals surface area contributed by atoms with Gasteiger partial charge in [-0.1, -0.05) is 13.3 Å². The smallest absolute Gasteiger partial charge is 0.256 e. The summed E-state index contributed by atoms with van der Waals surface area (Å²) in [6.07, 6.45) is 3.20. The van der Waals surface area contributed by atoms with Gasteiger partial charge in [0.05, 0.1) is 12.1 Å². The molecule has 0 unspecified atom stereocenters. The number of rotatable bonds is 7. The van der Waals surface area contributed by atoms with Crippen LogP contribution >= 0.6 is 0 Å². The van der Waals surface area contributed by atoms with E-state index in [-0.39, 0.29) is 24.0 Å². The van der Waals surface area contributed by atoms with E-state index in [1.54, 1.807) is 20.8 Å². The number of nitrogens with zero attached hydrogens (tertiary/aromatic N) is 1. The molecule has 0 spiro atoms. The van der Waals surface area contributed by atoms with Crippen molar-refractivity contribution in [1.29, 1.82) is 0 Å². The van der Waals surface area contributed by atoms with Crippen LogP contribution in [-0.4, -0.2) is 34.5 Å². The van der Waals surface area contributed by atoms with Crippen molar-refractivity contribution in [2.75, 3.05) is 6.54 Å². The summed E-state index contributed by atoms with van der Waals surface area (Å²) in [4.78, 5) is 35.7. The van der Waals surface area contributed by atoms with Gasteiger partial charge in [-0.2, -0.15) is 0 Å². The van der Waals surface area contributed by atoms with Crippen LogP contribution in [0.25, 0.3) is 0 Å². The minimum Gasteiger partial charge on any atom is -0.272 e. The van der Waals surface area contributed by atoms with Gasteiger partial charge in [0.2, 0.25) is 0 Å². The van der Waals surface area contributed by atoms with Gasteiger partial charge in [-0.15, -0.1) is 0 Å². The van der Waals surface area contributed by atoms with Crippen molar-refractivity contribution in [3.05, 3.63) is 11.6 Å². The first-order valence-corrected chi connectivity index (χ1v) is 6.99. The van der Waals surface area contributed by atoms with Crippen LogP contribution in [0.4, 0.5) is 0 Å². The first-order valence-electron chi connectivity index (χ1n) is 6.99. The highest BCUT2D eigenvalue weighted by Gasteiger charge is 2.35. The van der Waals surface area contributed by atoms with Crippen molar-refractivity contribution in [3.8, 4) is 0 Å². The fraction of sp³-hybridized carbons (Fsp3) is 0.733. The lowest BCUT2D eigenvalue weighted by molar-refractivity contribution is -0.401. The molecule has 0 aliphatic carbocycles. The maximum absolute atomic E-state index is 11.8. The molecule has 5 heteroatoms. The summed E-state index contributed by atoms with van der Waals surface area (Å²) >= 11 is 0. The van der Waals surface area contributed by atoms with Gasteiger partial charge in [0.15, 0.2) is 0 Å². The van der Waals surface area contributed by atoms with Crippen LogP contribution in [0.3, 0.4) is 0 Å². The minimum absolute atomic E-state index is 0.167. The molecule has 0 saturated heterocycles. The average Bonchev–Trinajstić information content (AvgIpc) is 2.54. The Kier molecular flexibility index (Phi) is 5.10. The van der Waals surface area contributed by atoms with E-state index in [0.717, 1.165) is 12.8 Å². The second-order valence-electron chi connectivity index (χ2n) is 6.49. The topological polar surface area (TPSA) is 55.8 Å². The number of carbonyl (C=O) groups is 2. The van der Waals surface area contributed by atoms with Gasteiger partial charge in [-0.05, 0) is 41.0 Å². The molecule has 0 saturated carbocycles. The van der Waals surface area contributed by atoms with Crippen molar-refractivity contribution < 1.29 is 19.4 Å². The van der Waals surface area contributed by atoms with Crippen LogP contribution in [-0.2, 0) is 19.4 Å². The monoisotopic (exact) mass is 283 g/mol. The van der Waals surface area contributed by atoms with Crippen molar-refractivity contribution >= 4 is 11.8 Å². The Hall–Kier alpha value is -1.20. The molecule has 5 nitrogen and oxygen atoms in total. The van der Waals surface area contributed by atoms with Gasteiger partial charge in [-0.3, -0.25) is 14.5 Å². The van der Waals surface area contributed by atoms with Gasteiger partial charge in [-0.25, -0.2) is 9.78 Å². The fourth-order valence-electron chi connectivity index (χ4n) is 2.06. The standard InChI is InChI=1S/C15H25NO4/c1-7-8-14(3,4)19-20-15(5,6)10-16-12(17)9-11(2)13(16)18/h9H,7-8,10H2,1-6H3. The highest BCUT2D eigenvalue weighted by molar-refractivity contribution is 6.15. The highest BCUT2D eigenvalue weighted by atomic mass is 17.2. The Morgan fingerprint density at radius 2 is 1.65 bits per heavy atom. The zero-order valence-electron chi connectivity index (χ0n) is 13.3. The van der Waals surface area contributed by atoms with Crippen molar-refractivity contribution in [3.63, 3.8) is 0 Å². The van der Waals surface area contributed by atoms with E-state index in [1.807, 2.05) is 13.8 Å². The number of hydrogen-bond donors (Lipinski definition) is 0. The van der Waals surface area contributed by atoms with Gasteiger partial charge in [0, 0.05) is 11.6 Å². The predicted molar refractivity (Wildman–Crippen MR) is 75.7 cm³/mol. The summed E-state index contributed by atoms with van der Waals surface area (Å²) in [6.45, 7) is 11.4. The van der Waals surface area contributed by atoms with Crippen LogP contribution in [0.5, 0.6) is 0 Å². The predicted octanol–water partition coefficient (Wildman–Crippen LogP) is 2.61. The molecule has 0 aromatic carbocycles. The lowest BCUT2D eigenvalue weighted by atomic mass is 10.0. The first kappa shape index (κ1) is 16.9. The number of hydrogen-bond acceptors (Lipinski definition) is 4. The highest BCUT2D eigenvalue weighted by Crippen LogP contribution is 2.23. The second kappa shape index (κ2) is 6.06. The summed E-state index contributed by atoms with van der Waals surface area (Å²) in [5, 5.41) is 0. The van der Waals surface area contributed by atoms with E-state index in [4.69, 9.17) is 9.78 Å². The average molecular weight is 283 g/mol. The van der Waals surface area contributed by atoms with Crippen molar-refractivity contribution in [1.82, 2.24) is 4.90 Å². The Balaban J connectivity index is 2.58. The minimum atomic E-state index is -0.755. The summed E-state index contributed by atoms with van der Waals surface area (Å²) in [5.41, 5.74) is -0.688. The fourth-order valence-corrected chi connectivity index (χ4v) is 2.06. The molecule has 0 aromatic rings. The third-order valence-corrected chi connectivity index (χ3v) is 3.07. The van der Waals surface area contributed by atoms with Crippen LogP contribution in [0.15, 0.2) is 11.6 Å². The Morgan fingerprint density at radius 1 is 1.10 bits per heavy atom. The number of amides is 2. The SMILES string of the molecule is CCCC(C)(C)OOC(C)(C)CN1C(=O)C=C(C)C1=O. The maximum Gasteiger partial charge on any atom is 0.256 e.